The lowest BCUT2D eigenvalue weighted by atomic mass is 10.2. The van der Waals surface area contributed by atoms with Crippen molar-refractivity contribution >= 4 is 32.4 Å². The van der Waals surface area contributed by atoms with Gasteiger partial charge in [-0.2, -0.15) is 0 Å². The topological polar surface area (TPSA) is 88.2 Å². The van der Waals surface area contributed by atoms with Crippen molar-refractivity contribution in [3.05, 3.63) is 41.2 Å². The maximum Gasteiger partial charge on any atom is 0.263 e. The van der Waals surface area contributed by atoms with Crippen LogP contribution in [0.3, 0.4) is 0 Å². The summed E-state index contributed by atoms with van der Waals surface area (Å²) in [4.78, 5) is 15.9. The molecule has 0 fully saturated rings. The van der Waals surface area contributed by atoms with Crippen LogP contribution in [-0.2, 0) is 21.2 Å². The largest absolute Gasteiger partial charge is 0.354 e. The van der Waals surface area contributed by atoms with E-state index in [-0.39, 0.29) is 28.4 Å². The highest BCUT2D eigenvalue weighted by atomic mass is 32.2. The van der Waals surface area contributed by atoms with Crippen LogP contribution < -0.4 is 10.0 Å². The van der Waals surface area contributed by atoms with E-state index >= 15 is 0 Å². The molecule has 0 bridgehead atoms. The average molecular weight is 385 g/mol. The number of aromatic nitrogens is 1. The van der Waals surface area contributed by atoms with Gasteiger partial charge >= 0.3 is 0 Å². The number of nitrogens with zero attached hydrogens (tertiary/aromatic N) is 1. The van der Waals surface area contributed by atoms with Crippen molar-refractivity contribution in [2.75, 3.05) is 4.72 Å². The van der Waals surface area contributed by atoms with E-state index in [1.807, 2.05) is 13.8 Å². The Morgan fingerprint density at radius 3 is 2.64 bits per heavy atom. The van der Waals surface area contributed by atoms with E-state index in [9.17, 15) is 17.6 Å². The van der Waals surface area contributed by atoms with Crippen LogP contribution in [0.1, 0.15) is 32.4 Å². The van der Waals surface area contributed by atoms with Crippen LogP contribution in [0.2, 0.25) is 0 Å². The Labute approximate surface area is 150 Å². The number of rotatable bonds is 8. The van der Waals surface area contributed by atoms with Gasteiger partial charge in [-0.05, 0) is 44.0 Å². The van der Waals surface area contributed by atoms with Gasteiger partial charge in [0.05, 0.1) is 10.6 Å². The first-order valence-corrected chi connectivity index (χ1v) is 10.2. The Morgan fingerprint density at radius 1 is 1.32 bits per heavy atom. The molecule has 6 nitrogen and oxygen atoms in total. The molecule has 0 aliphatic rings. The van der Waals surface area contributed by atoms with Gasteiger partial charge in [-0.1, -0.05) is 6.92 Å². The summed E-state index contributed by atoms with van der Waals surface area (Å²) >= 11 is 1.14. The fraction of sp³-hybridized carbons (Fsp3) is 0.375. The molecule has 2 rings (SSSR count). The molecule has 9 heteroatoms. The monoisotopic (exact) mass is 385 g/mol. The summed E-state index contributed by atoms with van der Waals surface area (Å²) in [5.41, 5.74) is 0.640. The summed E-state index contributed by atoms with van der Waals surface area (Å²) in [6.07, 6.45) is 1.58. The first-order valence-electron chi connectivity index (χ1n) is 7.82. The van der Waals surface area contributed by atoms with Crippen LogP contribution >= 0.6 is 11.3 Å². The number of halogens is 1. The first kappa shape index (κ1) is 19.3. The number of nitrogens with one attached hydrogen (secondary N) is 2. The van der Waals surface area contributed by atoms with Gasteiger partial charge in [0.1, 0.15) is 5.82 Å². The molecule has 0 aliphatic carbocycles. The van der Waals surface area contributed by atoms with E-state index in [1.54, 1.807) is 5.38 Å². The predicted octanol–water partition coefficient (Wildman–Crippen LogP) is 2.93. The maximum atomic E-state index is 12.9. The number of carbonyl (C=O) groups excluding carboxylic acids is 1. The molecule has 1 amide bonds. The summed E-state index contributed by atoms with van der Waals surface area (Å²) < 4.78 is 39.7. The van der Waals surface area contributed by atoms with Crippen molar-refractivity contribution in [2.45, 2.75) is 44.0 Å². The first-order chi connectivity index (χ1) is 11.8. The minimum Gasteiger partial charge on any atom is -0.354 e. The molecule has 25 heavy (non-hydrogen) atoms. The summed E-state index contributed by atoms with van der Waals surface area (Å²) in [6.45, 7) is 3.92. The van der Waals surface area contributed by atoms with Gasteiger partial charge in [0.25, 0.3) is 10.0 Å². The number of amides is 1. The number of thiazole rings is 1. The zero-order valence-electron chi connectivity index (χ0n) is 14.0. The third-order valence-electron chi connectivity index (χ3n) is 3.53. The van der Waals surface area contributed by atoms with E-state index in [0.29, 0.717) is 12.1 Å². The number of benzene rings is 1. The Morgan fingerprint density at radius 2 is 2.00 bits per heavy atom. The molecule has 1 aromatic heterocycles. The summed E-state index contributed by atoms with van der Waals surface area (Å²) in [5.74, 6) is -0.568. The molecular formula is C16H20FN3O3S2. The van der Waals surface area contributed by atoms with E-state index in [0.717, 1.165) is 29.9 Å². The normalized spacial score (nSPS) is 12.6. The molecule has 2 aromatic rings. The minimum atomic E-state index is -3.82. The number of sulfonamides is 1. The molecule has 0 aliphatic heterocycles. The van der Waals surface area contributed by atoms with Gasteiger partial charge in [0, 0.05) is 17.8 Å². The number of anilines is 1. The molecule has 0 spiro atoms. The zero-order chi connectivity index (χ0) is 18.4. The molecule has 136 valence electrons. The lowest BCUT2D eigenvalue weighted by Crippen LogP contribution is -2.32. The van der Waals surface area contributed by atoms with Gasteiger partial charge in [-0.3, -0.25) is 9.52 Å². The van der Waals surface area contributed by atoms with Crippen LogP contribution in [-0.4, -0.2) is 25.4 Å². The molecule has 1 aromatic carbocycles. The molecule has 2 N–H and O–H groups in total. The molecule has 1 atom stereocenters. The predicted molar refractivity (Wildman–Crippen MR) is 95.5 cm³/mol. The van der Waals surface area contributed by atoms with Crippen molar-refractivity contribution in [3.63, 3.8) is 0 Å². The zero-order valence-corrected chi connectivity index (χ0v) is 15.6. The fourth-order valence-corrected chi connectivity index (χ4v) is 3.94. The highest BCUT2D eigenvalue weighted by Gasteiger charge is 2.16. The lowest BCUT2D eigenvalue weighted by molar-refractivity contribution is -0.121. The van der Waals surface area contributed by atoms with E-state index < -0.39 is 15.8 Å². The second kappa shape index (κ2) is 8.39. The Hall–Kier alpha value is -2.00. The molecule has 0 saturated heterocycles. The van der Waals surface area contributed by atoms with Crippen molar-refractivity contribution in [3.8, 4) is 0 Å². The number of hydrogen-bond acceptors (Lipinski definition) is 5. The second-order valence-electron chi connectivity index (χ2n) is 5.58. The van der Waals surface area contributed by atoms with Crippen LogP contribution in [0.4, 0.5) is 9.52 Å². The summed E-state index contributed by atoms with van der Waals surface area (Å²) in [5, 5.41) is 4.78. The quantitative estimate of drug-likeness (QED) is 0.731. The highest BCUT2D eigenvalue weighted by Crippen LogP contribution is 2.21. The Bertz CT molecular complexity index is 819. The van der Waals surface area contributed by atoms with E-state index in [2.05, 4.69) is 15.0 Å². The lowest BCUT2D eigenvalue weighted by Gasteiger charge is -2.10. The number of carbonyl (C=O) groups is 1. The standard InChI is InChI=1S/C16H20FN3O3S2/c1-3-11(2)18-15(21)9-6-13-10-24-16(19-13)20-25(22,23)14-7-4-12(17)5-8-14/h4-5,7-8,10-11H,3,6,9H2,1-2H3,(H,18,21)(H,19,20). The number of hydrogen-bond donors (Lipinski definition) is 2. The molecule has 0 radical (unpaired) electrons. The van der Waals surface area contributed by atoms with Gasteiger partial charge in [0.2, 0.25) is 5.91 Å². The molecule has 1 heterocycles. The van der Waals surface area contributed by atoms with Crippen LogP contribution in [0.5, 0.6) is 0 Å². The van der Waals surface area contributed by atoms with Crippen molar-refractivity contribution in [1.82, 2.24) is 10.3 Å². The highest BCUT2D eigenvalue weighted by molar-refractivity contribution is 7.93. The van der Waals surface area contributed by atoms with Gasteiger partial charge in [-0.25, -0.2) is 17.8 Å². The smallest absolute Gasteiger partial charge is 0.263 e. The van der Waals surface area contributed by atoms with Crippen LogP contribution in [0, 0.1) is 5.82 Å². The Balaban J connectivity index is 1.94. The Kier molecular flexibility index (Phi) is 6.49. The van der Waals surface area contributed by atoms with Gasteiger partial charge < -0.3 is 5.32 Å². The third kappa shape index (κ3) is 5.79. The van der Waals surface area contributed by atoms with Gasteiger partial charge in [0.15, 0.2) is 5.13 Å². The van der Waals surface area contributed by atoms with Crippen molar-refractivity contribution < 1.29 is 17.6 Å². The summed E-state index contributed by atoms with van der Waals surface area (Å²) in [7, 11) is -3.82. The van der Waals surface area contributed by atoms with Crippen LogP contribution in [0.25, 0.3) is 0 Å². The molecule has 1 unspecified atom stereocenters. The van der Waals surface area contributed by atoms with Crippen molar-refractivity contribution in [1.29, 1.82) is 0 Å². The summed E-state index contributed by atoms with van der Waals surface area (Å²) in [6, 6.07) is 4.66. The van der Waals surface area contributed by atoms with E-state index in [1.165, 1.54) is 12.1 Å². The maximum absolute atomic E-state index is 12.9. The van der Waals surface area contributed by atoms with Gasteiger partial charge in [-0.15, -0.1) is 11.3 Å². The second-order valence-corrected chi connectivity index (χ2v) is 8.12. The average Bonchev–Trinajstić information content (AvgIpc) is 3.00. The van der Waals surface area contributed by atoms with E-state index in [4.69, 9.17) is 0 Å². The molecular weight excluding hydrogens is 365 g/mol. The van der Waals surface area contributed by atoms with Crippen LogP contribution in [0.15, 0.2) is 34.5 Å². The number of aryl methyl sites for hydroxylation is 1. The SMILES string of the molecule is CCC(C)NC(=O)CCc1csc(NS(=O)(=O)c2ccc(F)cc2)n1. The minimum absolute atomic E-state index is 0.0430. The van der Waals surface area contributed by atoms with Crippen molar-refractivity contribution in [2.24, 2.45) is 0 Å². The fourth-order valence-electron chi connectivity index (χ4n) is 1.95. The third-order valence-corrected chi connectivity index (χ3v) is 5.82. The molecule has 0 saturated carbocycles.